The molecule has 7 heteroatoms. The van der Waals surface area contributed by atoms with Crippen molar-refractivity contribution in [3.8, 4) is 0 Å². The van der Waals surface area contributed by atoms with Crippen LogP contribution in [0.15, 0.2) is 0 Å². The molecule has 0 radical (unpaired) electrons. The van der Waals surface area contributed by atoms with Crippen molar-refractivity contribution >= 4 is 7.82 Å². The first-order valence-electron chi connectivity index (χ1n) is 2.47. The van der Waals surface area contributed by atoms with E-state index in [4.69, 9.17) is 9.79 Å². The fourth-order valence-electron chi connectivity index (χ4n) is 0.357. The Kier molecular flexibility index (Phi) is 11.2. The Morgan fingerprint density at radius 2 is 1.55 bits per heavy atom. The van der Waals surface area contributed by atoms with Crippen LogP contribution in [0.2, 0.25) is 0 Å². The number of phosphoric acid groups is 1. The van der Waals surface area contributed by atoms with E-state index in [1.165, 1.54) is 0 Å². The van der Waals surface area contributed by atoms with Crippen molar-refractivity contribution in [3.63, 3.8) is 0 Å². The van der Waals surface area contributed by atoms with Gasteiger partial charge in [-0.2, -0.15) is 0 Å². The quantitative estimate of drug-likeness (QED) is 0.330. The maximum absolute atomic E-state index is 10.1. The molecule has 0 spiro atoms. The molecule has 0 aromatic carbocycles. The molecule has 0 aromatic rings. The molecule has 0 aliphatic rings. The van der Waals surface area contributed by atoms with E-state index < -0.39 is 13.4 Å². The summed E-state index contributed by atoms with van der Waals surface area (Å²) in [5.41, 5.74) is -0.779. The molecule has 11 heavy (non-hydrogen) atoms. The minimum absolute atomic E-state index is 0. The Morgan fingerprint density at radius 1 is 1.27 bits per heavy atom. The molecule has 0 fully saturated rings. The van der Waals surface area contributed by atoms with Crippen molar-refractivity contribution < 1.29 is 80.8 Å². The maximum atomic E-state index is 10.1. The second kappa shape index (κ2) is 6.55. The Labute approximate surface area is 114 Å². The zero-order valence-corrected chi connectivity index (χ0v) is 12.6. The normalized spacial score (nSPS) is 11.4. The molecular formula is C4H13Na2O4P. The molecule has 0 unspecified atom stereocenters. The Balaban J connectivity index is -0.0000000533. The Morgan fingerprint density at radius 3 is 1.55 bits per heavy atom. The van der Waals surface area contributed by atoms with E-state index in [9.17, 15) is 4.57 Å². The zero-order chi connectivity index (χ0) is 7.71. The molecule has 2 N–H and O–H groups in total. The van der Waals surface area contributed by atoms with Crippen molar-refractivity contribution in [3.05, 3.63) is 0 Å². The first-order valence-corrected chi connectivity index (χ1v) is 4.00. The van der Waals surface area contributed by atoms with E-state index in [1.54, 1.807) is 20.8 Å². The summed E-state index contributed by atoms with van der Waals surface area (Å²) in [4.78, 5) is 16.5. The second-order valence-corrected chi connectivity index (χ2v) is 3.86. The van der Waals surface area contributed by atoms with Crippen LogP contribution < -0.4 is 59.1 Å². The van der Waals surface area contributed by atoms with Crippen LogP contribution in [-0.2, 0) is 9.09 Å². The Hall–Kier alpha value is 2.11. The van der Waals surface area contributed by atoms with Crippen LogP contribution in [0.5, 0.6) is 0 Å². The van der Waals surface area contributed by atoms with Gasteiger partial charge in [0, 0.05) is 0 Å². The van der Waals surface area contributed by atoms with Gasteiger partial charge < -0.3 is 12.6 Å². The molecule has 0 aliphatic heterocycles. The third-order valence-electron chi connectivity index (χ3n) is 0.393. The molecule has 0 heterocycles. The van der Waals surface area contributed by atoms with Gasteiger partial charge in [0.1, 0.15) is 0 Å². The van der Waals surface area contributed by atoms with Crippen molar-refractivity contribution in [1.82, 2.24) is 0 Å². The van der Waals surface area contributed by atoms with Gasteiger partial charge in [-0.05, 0) is 20.8 Å². The molecule has 60 valence electrons. The van der Waals surface area contributed by atoms with Crippen LogP contribution in [0.4, 0.5) is 0 Å². The predicted octanol–water partition coefficient (Wildman–Crippen LogP) is -4.87. The van der Waals surface area contributed by atoms with E-state index in [0.29, 0.717) is 0 Å². The standard InChI is InChI=1S/C4H11O4P.2Na.2H/c1-4(2,3)8-9(5,6)7;;;;/h1-3H3,(H2,5,6,7);;;;/q;2*+1;2*-1. The van der Waals surface area contributed by atoms with Crippen molar-refractivity contribution in [1.29, 1.82) is 0 Å². The van der Waals surface area contributed by atoms with Crippen LogP contribution in [0, 0.1) is 0 Å². The Bertz CT molecular complexity index is 146. The van der Waals surface area contributed by atoms with Crippen LogP contribution >= 0.6 is 7.82 Å². The van der Waals surface area contributed by atoms with Crippen LogP contribution in [0.3, 0.4) is 0 Å². The molecule has 0 rings (SSSR count). The summed E-state index contributed by atoms with van der Waals surface area (Å²) in [7, 11) is -4.29. The molecule has 0 saturated heterocycles. The van der Waals surface area contributed by atoms with Crippen LogP contribution in [0.1, 0.15) is 23.6 Å². The molecule has 0 atom stereocenters. The second-order valence-electron chi connectivity index (χ2n) is 2.69. The van der Waals surface area contributed by atoms with Gasteiger partial charge in [0.15, 0.2) is 0 Å². The summed E-state index contributed by atoms with van der Waals surface area (Å²) in [5, 5.41) is 0. The minimum Gasteiger partial charge on any atom is -1.00 e. The number of phosphoric ester groups is 1. The fourth-order valence-corrected chi connectivity index (χ4v) is 1.07. The summed E-state index contributed by atoms with van der Waals surface area (Å²) in [6.07, 6.45) is 0. The molecule has 0 saturated carbocycles. The maximum Gasteiger partial charge on any atom is 1.00 e. The van der Waals surface area contributed by atoms with Gasteiger partial charge in [-0.1, -0.05) is 0 Å². The average molecular weight is 202 g/mol. The number of rotatable bonds is 1. The van der Waals surface area contributed by atoms with Crippen molar-refractivity contribution in [2.45, 2.75) is 26.4 Å². The summed E-state index contributed by atoms with van der Waals surface area (Å²) >= 11 is 0. The molecule has 0 bridgehead atoms. The minimum atomic E-state index is -4.29. The first-order chi connectivity index (χ1) is 3.71. The number of hydrogen-bond acceptors (Lipinski definition) is 2. The van der Waals surface area contributed by atoms with E-state index in [2.05, 4.69) is 4.52 Å². The summed E-state index contributed by atoms with van der Waals surface area (Å²) in [6, 6.07) is 0. The SMILES string of the molecule is CC(C)(C)OP(=O)(O)O.[H-].[H-].[Na+].[Na+]. The van der Waals surface area contributed by atoms with Gasteiger partial charge >= 0.3 is 66.9 Å². The van der Waals surface area contributed by atoms with Crippen molar-refractivity contribution in [2.75, 3.05) is 0 Å². The third-order valence-corrected chi connectivity index (χ3v) is 1.18. The summed E-state index contributed by atoms with van der Waals surface area (Å²) < 4.78 is 14.4. The van der Waals surface area contributed by atoms with E-state index in [0.717, 1.165) is 0 Å². The average Bonchev–Trinajstić information content (AvgIpc) is 1.14. The van der Waals surface area contributed by atoms with E-state index in [1.807, 2.05) is 0 Å². The van der Waals surface area contributed by atoms with E-state index in [-0.39, 0.29) is 62.0 Å². The van der Waals surface area contributed by atoms with Crippen molar-refractivity contribution in [2.24, 2.45) is 0 Å². The van der Waals surface area contributed by atoms with Gasteiger partial charge in [-0.25, -0.2) is 4.57 Å². The predicted molar refractivity (Wildman–Crippen MR) is 35.1 cm³/mol. The summed E-state index contributed by atoms with van der Waals surface area (Å²) in [6.45, 7) is 4.73. The van der Waals surface area contributed by atoms with Crippen LogP contribution in [-0.4, -0.2) is 15.4 Å². The van der Waals surface area contributed by atoms with Gasteiger partial charge in [0.05, 0.1) is 5.60 Å². The van der Waals surface area contributed by atoms with Gasteiger partial charge in [0.2, 0.25) is 0 Å². The third kappa shape index (κ3) is 18.8. The molecular weight excluding hydrogens is 189 g/mol. The summed E-state index contributed by atoms with van der Waals surface area (Å²) in [5.74, 6) is 0. The van der Waals surface area contributed by atoms with Gasteiger partial charge in [-0.15, -0.1) is 0 Å². The van der Waals surface area contributed by atoms with Crippen LogP contribution in [0.25, 0.3) is 0 Å². The smallest absolute Gasteiger partial charge is 1.00 e. The topological polar surface area (TPSA) is 66.8 Å². The van der Waals surface area contributed by atoms with Gasteiger partial charge in [-0.3, -0.25) is 4.52 Å². The molecule has 0 aromatic heterocycles. The fraction of sp³-hybridized carbons (Fsp3) is 1.00. The zero-order valence-electron chi connectivity index (χ0n) is 9.66. The molecule has 0 aliphatic carbocycles. The number of hydrogen-bond donors (Lipinski definition) is 2. The first kappa shape index (κ1) is 18.8. The van der Waals surface area contributed by atoms with E-state index >= 15 is 0 Å². The molecule has 4 nitrogen and oxygen atoms in total. The largest absolute Gasteiger partial charge is 1.00 e. The van der Waals surface area contributed by atoms with Gasteiger partial charge in [0.25, 0.3) is 0 Å². The molecule has 0 amide bonds. The monoisotopic (exact) mass is 202 g/mol.